The molecule has 0 aliphatic heterocycles. The molecule has 0 atom stereocenters. The van der Waals surface area contributed by atoms with Crippen molar-refractivity contribution in [1.82, 2.24) is 0 Å². The molecule has 126 valence electrons. The zero-order chi connectivity index (χ0) is 10.7. The second kappa shape index (κ2) is 74.4. The summed E-state index contributed by atoms with van der Waals surface area (Å²) < 4.78 is 0. The van der Waals surface area contributed by atoms with Crippen LogP contribution in [0.4, 0.5) is 0 Å². The fourth-order valence-electron chi connectivity index (χ4n) is 0. The molecule has 0 heterocycles. The third-order valence-electron chi connectivity index (χ3n) is 0. The van der Waals surface area contributed by atoms with Crippen LogP contribution in [-0.2, 0) is 16.8 Å². The van der Waals surface area contributed by atoms with E-state index in [2.05, 4.69) is 0 Å². The second-order valence-corrected chi connectivity index (χ2v) is 0.671. The van der Waals surface area contributed by atoms with Crippen LogP contribution >= 0.6 is 0 Å². The fourth-order valence-corrected chi connectivity index (χ4v) is 0. The molecule has 12 N–H and O–H groups in total. The first-order chi connectivity index (χ1) is 5.20. The van der Waals surface area contributed by atoms with Crippen LogP contribution in [0.3, 0.4) is 0 Å². The topological polar surface area (TPSA) is 388 Å². The van der Waals surface area contributed by atoms with Crippen molar-refractivity contribution in [3.8, 4) is 0 Å². The molecular formula is H12CoN3O15. The Morgan fingerprint density at radius 2 is 0.421 bits per heavy atom. The summed E-state index contributed by atoms with van der Waals surface area (Å²) in [4.78, 5) is 24.8. The van der Waals surface area contributed by atoms with Crippen molar-refractivity contribution in [3.05, 3.63) is 46.0 Å². The van der Waals surface area contributed by atoms with Gasteiger partial charge in [-0.15, -0.1) is 0 Å². The molecular weight excluding hydrogens is 341 g/mol. The third kappa shape index (κ3) is 670. The van der Waals surface area contributed by atoms with Crippen molar-refractivity contribution in [2.75, 3.05) is 0 Å². The molecule has 0 saturated carbocycles. The van der Waals surface area contributed by atoms with Gasteiger partial charge in [0.25, 0.3) is 0 Å². The Morgan fingerprint density at radius 1 is 0.421 bits per heavy atom. The molecule has 0 fully saturated rings. The van der Waals surface area contributed by atoms with Gasteiger partial charge in [0.05, 0.1) is 15.3 Å². The Balaban J connectivity index is -0.00000000675. The maximum atomic E-state index is 8.25. The number of nitrogens with zero attached hydrogens (tertiary/aromatic N) is 3. The van der Waals surface area contributed by atoms with Gasteiger partial charge < -0.3 is 78.8 Å². The van der Waals surface area contributed by atoms with Crippen LogP contribution in [0.25, 0.3) is 0 Å². The molecule has 0 aliphatic carbocycles. The quantitative estimate of drug-likeness (QED) is 0.295. The Bertz CT molecular complexity index is 115. The molecule has 0 saturated heterocycles. The van der Waals surface area contributed by atoms with Crippen LogP contribution < -0.4 is 0 Å². The summed E-state index contributed by atoms with van der Waals surface area (Å²) in [7, 11) is 0. The van der Waals surface area contributed by atoms with E-state index in [-0.39, 0.29) is 49.6 Å². The summed E-state index contributed by atoms with van der Waals surface area (Å²) >= 11 is 0. The Labute approximate surface area is 112 Å². The van der Waals surface area contributed by atoms with E-state index < -0.39 is 15.3 Å². The summed E-state index contributed by atoms with van der Waals surface area (Å²) in [6.45, 7) is 0. The summed E-state index contributed by atoms with van der Waals surface area (Å²) in [5, 5.41) is 44.2. The van der Waals surface area contributed by atoms with Crippen molar-refractivity contribution in [3.63, 3.8) is 0 Å². The van der Waals surface area contributed by atoms with Crippen LogP contribution in [0.2, 0.25) is 0 Å². The van der Waals surface area contributed by atoms with Crippen LogP contribution in [-0.4, -0.2) is 48.1 Å². The SMILES string of the molecule is O.O.O.O.O.O.O=[N+]([O-])[O-].O=[N+]([O-])[O-].O=[N+]([O-])[O-].[Co+3]. The average Bonchev–Trinajstić information content (AvgIpc) is 1.54. The number of hydrogen-bond acceptors (Lipinski definition) is 9. The first-order valence-corrected chi connectivity index (χ1v) is 1.64. The maximum absolute atomic E-state index is 8.25. The summed E-state index contributed by atoms with van der Waals surface area (Å²) in [6.07, 6.45) is 0. The Hall–Kier alpha value is -2.13. The summed E-state index contributed by atoms with van der Waals surface area (Å²) in [6, 6.07) is 0. The Morgan fingerprint density at radius 3 is 0.421 bits per heavy atom. The van der Waals surface area contributed by atoms with Gasteiger partial charge in [-0.3, -0.25) is 0 Å². The van der Waals surface area contributed by atoms with E-state index >= 15 is 0 Å². The fraction of sp³-hybridized carbons (Fsp3) is 0. The van der Waals surface area contributed by atoms with Gasteiger partial charge in [-0.1, -0.05) is 0 Å². The molecule has 0 unspecified atom stereocenters. The van der Waals surface area contributed by atoms with Gasteiger partial charge in [-0.2, -0.15) is 0 Å². The van der Waals surface area contributed by atoms with Crippen molar-refractivity contribution in [1.29, 1.82) is 0 Å². The standard InChI is InChI=1S/Co.3NO3.6H2O/c;3*2-1(3)4;;;;;;/h;;;;6*1H2/q+3;3*-1;;;;;;. The van der Waals surface area contributed by atoms with Crippen molar-refractivity contribution < 1.29 is 64.9 Å². The summed E-state index contributed by atoms with van der Waals surface area (Å²) in [5.74, 6) is 0. The molecule has 0 radical (unpaired) electrons. The smallest absolute Gasteiger partial charge is 0.412 e. The van der Waals surface area contributed by atoms with E-state index in [9.17, 15) is 0 Å². The van der Waals surface area contributed by atoms with Crippen molar-refractivity contribution in [2.24, 2.45) is 0 Å². The first-order valence-electron chi connectivity index (χ1n) is 1.64. The molecule has 0 aromatic carbocycles. The van der Waals surface area contributed by atoms with Crippen LogP contribution in [0.5, 0.6) is 0 Å². The zero-order valence-corrected chi connectivity index (χ0v) is 9.39. The zero-order valence-electron chi connectivity index (χ0n) is 8.35. The molecule has 0 rings (SSSR count). The minimum absolute atomic E-state index is 0. The summed E-state index contributed by atoms with van der Waals surface area (Å²) in [5.41, 5.74) is 0. The van der Waals surface area contributed by atoms with E-state index in [1.165, 1.54) is 0 Å². The van der Waals surface area contributed by atoms with Gasteiger partial charge in [0, 0.05) is 0 Å². The predicted octanol–water partition coefficient (Wildman–Crippen LogP) is -5.67. The van der Waals surface area contributed by atoms with Crippen molar-refractivity contribution in [2.45, 2.75) is 0 Å². The first kappa shape index (κ1) is 90.1. The molecule has 19 heavy (non-hydrogen) atoms. The molecule has 0 aromatic heterocycles. The molecule has 18 nitrogen and oxygen atoms in total. The van der Waals surface area contributed by atoms with Gasteiger partial charge in [-0.05, 0) is 0 Å². The van der Waals surface area contributed by atoms with E-state index in [1.54, 1.807) is 0 Å². The van der Waals surface area contributed by atoms with Gasteiger partial charge in [-0.25, -0.2) is 0 Å². The van der Waals surface area contributed by atoms with E-state index in [1.807, 2.05) is 0 Å². The third-order valence-corrected chi connectivity index (χ3v) is 0. The van der Waals surface area contributed by atoms with E-state index in [0.29, 0.717) is 0 Å². The molecule has 0 spiro atoms. The minimum atomic E-state index is -1.75. The van der Waals surface area contributed by atoms with Gasteiger partial charge >= 0.3 is 16.8 Å². The van der Waals surface area contributed by atoms with Gasteiger partial charge in [0.15, 0.2) is 0 Å². The largest absolute Gasteiger partial charge is 3.00 e. The van der Waals surface area contributed by atoms with E-state index in [0.717, 1.165) is 0 Å². The minimum Gasteiger partial charge on any atom is -0.412 e. The van der Waals surface area contributed by atoms with Crippen molar-refractivity contribution >= 4 is 0 Å². The second-order valence-electron chi connectivity index (χ2n) is 0.671. The van der Waals surface area contributed by atoms with Gasteiger partial charge in [0.1, 0.15) is 0 Å². The normalized spacial score (nSPS) is 3.79. The van der Waals surface area contributed by atoms with Crippen LogP contribution in [0.1, 0.15) is 0 Å². The molecule has 0 aromatic rings. The predicted molar refractivity (Wildman–Crippen MR) is 52.8 cm³/mol. The van der Waals surface area contributed by atoms with E-state index in [4.69, 9.17) is 46.0 Å². The monoisotopic (exact) mass is 353 g/mol. The Kier molecular flexibility index (Phi) is 353. The van der Waals surface area contributed by atoms with Gasteiger partial charge in [0.2, 0.25) is 0 Å². The van der Waals surface area contributed by atoms with Crippen LogP contribution in [0, 0.1) is 46.0 Å². The number of hydrogen-bond donors (Lipinski definition) is 0. The molecule has 0 aliphatic rings. The molecule has 0 bridgehead atoms. The maximum Gasteiger partial charge on any atom is 3.00 e. The molecule has 19 heteroatoms. The van der Waals surface area contributed by atoms with Crippen LogP contribution in [0.15, 0.2) is 0 Å². The average molecular weight is 353 g/mol. The molecule has 0 amide bonds. The number of rotatable bonds is 0.